The van der Waals surface area contributed by atoms with E-state index >= 15 is 0 Å². The lowest BCUT2D eigenvalue weighted by Gasteiger charge is -2.36. The van der Waals surface area contributed by atoms with Crippen molar-refractivity contribution < 1.29 is 4.74 Å². The lowest BCUT2D eigenvalue weighted by molar-refractivity contribution is 0.00299. The molecule has 0 aliphatic heterocycles. The Labute approximate surface area is 122 Å². The number of ether oxygens (including phenoxy) is 1. The molecular formula is C14H18N4OS. The molecular weight excluding hydrogens is 272 g/mol. The van der Waals surface area contributed by atoms with Gasteiger partial charge in [-0.2, -0.15) is 5.10 Å². The second-order valence-corrected chi connectivity index (χ2v) is 5.87. The fourth-order valence-electron chi connectivity index (χ4n) is 2.27. The SMILES string of the molecule is CCOC1CC(Nc2ccc(Sc3ncn[nH]3)cc2)C1. The van der Waals surface area contributed by atoms with E-state index < -0.39 is 0 Å². The van der Waals surface area contributed by atoms with E-state index in [0.29, 0.717) is 12.1 Å². The largest absolute Gasteiger partial charge is 0.382 e. The van der Waals surface area contributed by atoms with Crippen LogP contribution in [0.25, 0.3) is 0 Å². The van der Waals surface area contributed by atoms with E-state index in [4.69, 9.17) is 4.74 Å². The normalized spacial score (nSPS) is 21.4. The third kappa shape index (κ3) is 3.32. The first-order chi connectivity index (χ1) is 9.83. The van der Waals surface area contributed by atoms with E-state index in [-0.39, 0.29) is 0 Å². The van der Waals surface area contributed by atoms with Crippen molar-refractivity contribution in [3.05, 3.63) is 30.6 Å². The molecule has 1 heterocycles. The topological polar surface area (TPSA) is 62.8 Å². The molecule has 1 saturated carbocycles. The first kappa shape index (κ1) is 13.5. The highest BCUT2D eigenvalue weighted by molar-refractivity contribution is 7.99. The summed E-state index contributed by atoms with van der Waals surface area (Å²) in [6.07, 6.45) is 4.16. The molecule has 0 amide bonds. The number of nitrogens with one attached hydrogen (secondary N) is 2. The van der Waals surface area contributed by atoms with Gasteiger partial charge in [0.15, 0.2) is 5.16 Å². The standard InChI is InChI=1S/C14H18N4OS/c1-2-19-12-7-11(8-12)17-10-3-5-13(6-4-10)20-14-15-9-16-18-14/h3-6,9,11-12,17H,2,7-8H2,1H3,(H,15,16,18). The molecule has 0 saturated heterocycles. The molecule has 1 aromatic carbocycles. The van der Waals surface area contributed by atoms with E-state index in [0.717, 1.165) is 35.2 Å². The lowest BCUT2D eigenvalue weighted by atomic mass is 9.89. The Kier molecular flexibility index (Phi) is 4.22. The van der Waals surface area contributed by atoms with E-state index in [1.165, 1.54) is 6.33 Å². The molecule has 2 aromatic rings. The minimum Gasteiger partial charge on any atom is -0.382 e. The van der Waals surface area contributed by atoms with Crippen molar-refractivity contribution in [2.45, 2.75) is 42.0 Å². The van der Waals surface area contributed by atoms with Crippen molar-refractivity contribution in [3.63, 3.8) is 0 Å². The van der Waals surface area contributed by atoms with Gasteiger partial charge in [-0.15, -0.1) is 0 Å². The van der Waals surface area contributed by atoms with Gasteiger partial charge in [0.1, 0.15) is 6.33 Å². The van der Waals surface area contributed by atoms with Crippen LogP contribution < -0.4 is 5.32 Å². The number of hydrogen-bond donors (Lipinski definition) is 2. The van der Waals surface area contributed by atoms with Crippen LogP contribution in [0.15, 0.2) is 40.6 Å². The van der Waals surface area contributed by atoms with Gasteiger partial charge in [0.25, 0.3) is 0 Å². The van der Waals surface area contributed by atoms with Gasteiger partial charge in [-0.05, 0) is 44.0 Å². The highest BCUT2D eigenvalue weighted by atomic mass is 32.2. The molecule has 20 heavy (non-hydrogen) atoms. The van der Waals surface area contributed by atoms with Gasteiger partial charge in [0.05, 0.1) is 6.10 Å². The van der Waals surface area contributed by atoms with Crippen LogP contribution in [0.1, 0.15) is 19.8 Å². The lowest BCUT2D eigenvalue weighted by Crippen LogP contribution is -2.40. The second-order valence-electron chi connectivity index (χ2n) is 4.81. The monoisotopic (exact) mass is 290 g/mol. The highest BCUT2D eigenvalue weighted by Crippen LogP contribution is 2.29. The van der Waals surface area contributed by atoms with Crippen molar-refractivity contribution in [3.8, 4) is 0 Å². The zero-order chi connectivity index (χ0) is 13.8. The third-order valence-corrected chi connectivity index (χ3v) is 4.23. The molecule has 0 atom stereocenters. The van der Waals surface area contributed by atoms with E-state index in [9.17, 15) is 0 Å². The van der Waals surface area contributed by atoms with Gasteiger partial charge < -0.3 is 10.1 Å². The van der Waals surface area contributed by atoms with Crippen molar-refractivity contribution in [2.24, 2.45) is 0 Å². The smallest absolute Gasteiger partial charge is 0.188 e. The van der Waals surface area contributed by atoms with Gasteiger partial charge in [0.2, 0.25) is 0 Å². The highest BCUT2D eigenvalue weighted by Gasteiger charge is 2.29. The minimum absolute atomic E-state index is 0.443. The molecule has 1 aliphatic carbocycles. The van der Waals surface area contributed by atoms with Crippen LogP contribution in [-0.2, 0) is 4.74 Å². The zero-order valence-corrected chi connectivity index (χ0v) is 12.2. The molecule has 0 bridgehead atoms. The maximum absolute atomic E-state index is 5.56. The van der Waals surface area contributed by atoms with Crippen LogP contribution in [0.5, 0.6) is 0 Å². The van der Waals surface area contributed by atoms with Gasteiger partial charge in [-0.1, -0.05) is 11.8 Å². The van der Waals surface area contributed by atoms with Gasteiger partial charge in [-0.25, -0.2) is 4.98 Å². The number of H-pyrrole nitrogens is 1. The quantitative estimate of drug-likeness (QED) is 0.856. The Morgan fingerprint density at radius 1 is 1.35 bits per heavy atom. The first-order valence-corrected chi connectivity index (χ1v) is 7.66. The van der Waals surface area contributed by atoms with Crippen LogP contribution >= 0.6 is 11.8 Å². The fraction of sp³-hybridized carbons (Fsp3) is 0.429. The minimum atomic E-state index is 0.443. The Morgan fingerprint density at radius 3 is 2.80 bits per heavy atom. The van der Waals surface area contributed by atoms with Gasteiger partial charge in [-0.3, -0.25) is 5.10 Å². The number of benzene rings is 1. The summed E-state index contributed by atoms with van der Waals surface area (Å²) in [5.41, 5.74) is 1.16. The molecule has 5 nitrogen and oxygen atoms in total. The van der Waals surface area contributed by atoms with Crippen molar-refractivity contribution in [2.75, 3.05) is 11.9 Å². The number of rotatable bonds is 6. The van der Waals surface area contributed by atoms with Crippen LogP contribution in [-0.4, -0.2) is 33.9 Å². The summed E-state index contributed by atoms with van der Waals surface area (Å²) < 4.78 is 5.56. The predicted octanol–water partition coefficient (Wildman–Crippen LogP) is 2.94. The van der Waals surface area contributed by atoms with E-state index in [2.05, 4.69) is 44.8 Å². The summed E-state index contributed by atoms with van der Waals surface area (Å²) in [4.78, 5) is 5.24. The van der Waals surface area contributed by atoms with Crippen molar-refractivity contribution in [1.29, 1.82) is 0 Å². The molecule has 1 aliphatic rings. The van der Waals surface area contributed by atoms with Gasteiger partial charge in [0, 0.05) is 23.2 Å². The maximum atomic E-state index is 5.56. The van der Waals surface area contributed by atoms with Crippen LogP contribution in [0.2, 0.25) is 0 Å². The Balaban J connectivity index is 1.49. The van der Waals surface area contributed by atoms with Crippen molar-refractivity contribution in [1.82, 2.24) is 15.2 Å². The first-order valence-electron chi connectivity index (χ1n) is 6.85. The third-order valence-electron chi connectivity index (χ3n) is 3.33. The number of aromatic amines is 1. The summed E-state index contributed by atoms with van der Waals surface area (Å²) in [6.45, 7) is 2.86. The van der Waals surface area contributed by atoms with Crippen LogP contribution in [0.4, 0.5) is 5.69 Å². The fourth-order valence-corrected chi connectivity index (χ4v) is 2.96. The molecule has 0 radical (unpaired) electrons. The molecule has 6 heteroatoms. The molecule has 106 valence electrons. The molecule has 2 N–H and O–H groups in total. The summed E-state index contributed by atoms with van der Waals surface area (Å²) in [6, 6.07) is 8.93. The average Bonchev–Trinajstić information content (AvgIpc) is 2.91. The molecule has 1 fully saturated rings. The number of hydrogen-bond acceptors (Lipinski definition) is 5. The summed E-state index contributed by atoms with van der Waals surface area (Å²) in [7, 11) is 0. The van der Waals surface area contributed by atoms with E-state index in [1.54, 1.807) is 11.8 Å². The number of anilines is 1. The number of aromatic nitrogens is 3. The summed E-state index contributed by atoms with van der Waals surface area (Å²) in [5, 5.41) is 11.0. The molecule has 0 spiro atoms. The number of nitrogens with zero attached hydrogens (tertiary/aromatic N) is 2. The molecule has 1 aromatic heterocycles. The molecule has 0 unspecified atom stereocenters. The summed E-state index contributed by atoms with van der Waals surface area (Å²) in [5.74, 6) is 0. The second kappa shape index (κ2) is 6.28. The molecule has 3 rings (SSSR count). The summed E-state index contributed by atoms with van der Waals surface area (Å²) >= 11 is 1.57. The Hall–Kier alpha value is -1.53. The maximum Gasteiger partial charge on any atom is 0.188 e. The van der Waals surface area contributed by atoms with Crippen LogP contribution in [0.3, 0.4) is 0 Å². The average molecular weight is 290 g/mol. The predicted molar refractivity (Wildman–Crippen MR) is 79.0 cm³/mol. The van der Waals surface area contributed by atoms with Gasteiger partial charge >= 0.3 is 0 Å². The van der Waals surface area contributed by atoms with E-state index in [1.807, 2.05) is 6.92 Å². The Morgan fingerprint density at radius 2 is 2.15 bits per heavy atom. The van der Waals surface area contributed by atoms with Crippen molar-refractivity contribution >= 4 is 17.4 Å². The Bertz CT molecular complexity index is 523. The zero-order valence-electron chi connectivity index (χ0n) is 11.4. The van der Waals surface area contributed by atoms with Crippen LogP contribution in [0, 0.1) is 0 Å².